The number of carbonyl (C=O) groups excluding carboxylic acids is 2. The van der Waals surface area contributed by atoms with E-state index in [2.05, 4.69) is 5.32 Å². The number of halogens is 1. The average molecular weight is 309 g/mol. The van der Waals surface area contributed by atoms with Crippen molar-refractivity contribution in [1.29, 1.82) is 0 Å². The van der Waals surface area contributed by atoms with Gasteiger partial charge in [-0.1, -0.05) is 43.0 Å². The number of amides is 2. The molecule has 4 nitrogen and oxygen atoms in total. The van der Waals surface area contributed by atoms with Crippen molar-refractivity contribution < 1.29 is 9.59 Å². The van der Waals surface area contributed by atoms with Crippen LogP contribution in [0.25, 0.3) is 0 Å². The van der Waals surface area contributed by atoms with Gasteiger partial charge in [0, 0.05) is 17.4 Å². The van der Waals surface area contributed by atoms with E-state index in [4.69, 9.17) is 17.3 Å². The summed E-state index contributed by atoms with van der Waals surface area (Å²) in [7, 11) is 0. The molecule has 0 heterocycles. The fourth-order valence-corrected chi connectivity index (χ4v) is 2.86. The Morgan fingerprint density at radius 3 is 2.38 bits per heavy atom. The fourth-order valence-electron chi connectivity index (χ4n) is 2.73. The minimum Gasteiger partial charge on any atom is -0.368 e. The first-order valence-corrected chi connectivity index (χ1v) is 7.78. The second-order valence-electron chi connectivity index (χ2n) is 5.63. The number of nitrogens with one attached hydrogen (secondary N) is 1. The van der Waals surface area contributed by atoms with Gasteiger partial charge in [-0.3, -0.25) is 9.59 Å². The number of benzene rings is 1. The molecule has 114 valence electrons. The first kappa shape index (κ1) is 15.8. The van der Waals surface area contributed by atoms with Gasteiger partial charge in [0.15, 0.2) is 0 Å². The Balaban J connectivity index is 1.96. The highest BCUT2D eigenvalue weighted by Gasteiger charge is 2.25. The van der Waals surface area contributed by atoms with Crippen LogP contribution in [0, 0.1) is 5.92 Å². The number of hydrogen-bond acceptors (Lipinski definition) is 2. The van der Waals surface area contributed by atoms with E-state index in [0.717, 1.165) is 31.2 Å². The molecule has 0 aliphatic heterocycles. The van der Waals surface area contributed by atoms with Crippen molar-refractivity contribution in [2.24, 2.45) is 11.7 Å². The fraction of sp³-hybridized carbons (Fsp3) is 0.500. The number of hydrogen-bond donors (Lipinski definition) is 2. The minimum absolute atomic E-state index is 0.0193. The summed E-state index contributed by atoms with van der Waals surface area (Å²) in [6, 6.07) is 6.53. The Hall–Kier alpha value is -1.55. The first-order chi connectivity index (χ1) is 10.1. The van der Waals surface area contributed by atoms with E-state index >= 15 is 0 Å². The van der Waals surface area contributed by atoms with Gasteiger partial charge in [-0.05, 0) is 30.5 Å². The SMILES string of the molecule is NC(=O)[C@@H](Cc1ccc(Cl)cc1)NC(=O)C1CCCCC1. The second-order valence-corrected chi connectivity index (χ2v) is 6.07. The molecule has 0 spiro atoms. The van der Waals surface area contributed by atoms with E-state index in [9.17, 15) is 9.59 Å². The predicted molar refractivity (Wildman–Crippen MR) is 82.9 cm³/mol. The van der Waals surface area contributed by atoms with Gasteiger partial charge in [0.25, 0.3) is 0 Å². The number of carbonyl (C=O) groups is 2. The van der Waals surface area contributed by atoms with Crippen LogP contribution in [0.15, 0.2) is 24.3 Å². The van der Waals surface area contributed by atoms with Gasteiger partial charge in [-0.25, -0.2) is 0 Å². The van der Waals surface area contributed by atoms with Crippen molar-refractivity contribution in [2.75, 3.05) is 0 Å². The summed E-state index contributed by atoms with van der Waals surface area (Å²) in [5.74, 6) is -0.535. The molecule has 1 fully saturated rings. The number of nitrogens with two attached hydrogens (primary N) is 1. The van der Waals surface area contributed by atoms with E-state index in [1.165, 1.54) is 6.42 Å². The molecule has 21 heavy (non-hydrogen) atoms. The zero-order chi connectivity index (χ0) is 15.2. The van der Waals surface area contributed by atoms with Gasteiger partial charge in [0.05, 0.1) is 0 Å². The van der Waals surface area contributed by atoms with Gasteiger partial charge >= 0.3 is 0 Å². The molecule has 1 aliphatic rings. The van der Waals surface area contributed by atoms with Crippen molar-refractivity contribution in [3.63, 3.8) is 0 Å². The van der Waals surface area contributed by atoms with Gasteiger partial charge in [0.1, 0.15) is 6.04 Å². The molecule has 1 aromatic carbocycles. The van der Waals surface area contributed by atoms with Crippen LogP contribution in [0.3, 0.4) is 0 Å². The van der Waals surface area contributed by atoms with E-state index in [0.29, 0.717) is 11.4 Å². The van der Waals surface area contributed by atoms with Crippen LogP contribution in [0.5, 0.6) is 0 Å². The number of primary amides is 1. The van der Waals surface area contributed by atoms with Crippen molar-refractivity contribution in [1.82, 2.24) is 5.32 Å². The third-order valence-electron chi connectivity index (χ3n) is 3.99. The zero-order valence-electron chi connectivity index (χ0n) is 12.0. The van der Waals surface area contributed by atoms with Gasteiger partial charge in [-0.2, -0.15) is 0 Å². The summed E-state index contributed by atoms with van der Waals surface area (Å²) < 4.78 is 0. The molecular formula is C16H21ClN2O2. The Bertz CT molecular complexity index is 496. The van der Waals surface area contributed by atoms with Crippen molar-refractivity contribution in [3.05, 3.63) is 34.9 Å². The lowest BCUT2D eigenvalue weighted by Crippen LogP contribution is -2.48. The first-order valence-electron chi connectivity index (χ1n) is 7.40. The van der Waals surface area contributed by atoms with E-state index < -0.39 is 11.9 Å². The molecule has 0 saturated heterocycles. The summed E-state index contributed by atoms with van der Waals surface area (Å²) in [6.45, 7) is 0. The highest BCUT2D eigenvalue weighted by Crippen LogP contribution is 2.23. The quantitative estimate of drug-likeness (QED) is 0.877. The molecule has 0 radical (unpaired) electrons. The standard InChI is InChI=1S/C16H21ClN2O2/c17-13-8-6-11(7-9-13)10-14(15(18)20)19-16(21)12-4-2-1-3-5-12/h6-9,12,14H,1-5,10H2,(H2,18,20)(H,19,21)/t14-/m1/s1. The van der Waals surface area contributed by atoms with Crippen molar-refractivity contribution >= 4 is 23.4 Å². The van der Waals surface area contributed by atoms with Crippen LogP contribution < -0.4 is 11.1 Å². The Kier molecular flexibility index (Phi) is 5.62. The van der Waals surface area contributed by atoms with E-state index in [1.807, 2.05) is 12.1 Å². The maximum absolute atomic E-state index is 12.2. The van der Waals surface area contributed by atoms with Crippen LogP contribution in [0.4, 0.5) is 0 Å². The molecule has 1 aromatic rings. The minimum atomic E-state index is -0.666. The lowest BCUT2D eigenvalue weighted by atomic mass is 9.88. The third kappa shape index (κ3) is 4.74. The molecule has 2 rings (SSSR count). The Morgan fingerprint density at radius 2 is 1.81 bits per heavy atom. The monoisotopic (exact) mass is 308 g/mol. The lowest BCUT2D eigenvalue weighted by molar-refractivity contribution is -0.130. The highest BCUT2D eigenvalue weighted by atomic mass is 35.5. The van der Waals surface area contributed by atoms with E-state index in [-0.39, 0.29) is 11.8 Å². The predicted octanol–water partition coefficient (Wildman–Crippen LogP) is 2.43. The van der Waals surface area contributed by atoms with Crippen molar-refractivity contribution in [3.8, 4) is 0 Å². The molecule has 0 bridgehead atoms. The van der Waals surface area contributed by atoms with E-state index in [1.54, 1.807) is 12.1 Å². The third-order valence-corrected chi connectivity index (χ3v) is 4.24. The maximum Gasteiger partial charge on any atom is 0.240 e. The average Bonchev–Trinajstić information content (AvgIpc) is 2.49. The largest absolute Gasteiger partial charge is 0.368 e. The lowest BCUT2D eigenvalue weighted by Gasteiger charge is -2.23. The van der Waals surface area contributed by atoms with Crippen LogP contribution in [0.1, 0.15) is 37.7 Å². The summed E-state index contributed by atoms with van der Waals surface area (Å²) in [6.07, 6.45) is 5.54. The summed E-state index contributed by atoms with van der Waals surface area (Å²) in [4.78, 5) is 23.8. The smallest absolute Gasteiger partial charge is 0.240 e. The molecule has 1 aliphatic carbocycles. The Labute approximate surface area is 130 Å². The highest BCUT2D eigenvalue weighted by molar-refractivity contribution is 6.30. The van der Waals surface area contributed by atoms with Crippen LogP contribution in [-0.2, 0) is 16.0 Å². The van der Waals surface area contributed by atoms with Crippen LogP contribution >= 0.6 is 11.6 Å². The normalized spacial score (nSPS) is 17.2. The summed E-state index contributed by atoms with van der Waals surface area (Å²) >= 11 is 5.84. The van der Waals surface area contributed by atoms with Crippen LogP contribution in [-0.4, -0.2) is 17.9 Å². The van der Waals surface area contributed by atoms with Gasteiger partial charge in [-0.15, -0.1) is 0 Å². The molecule has 3 N–H and O–H groups in total. The molecule has 0 aromatic heterocycles. The summed E-state index contributed by atoms with van der Waals surface area (Å²) in [5, 5.41) is 3.44. The zero-order valence-corrected chi connectivity index (χ0v) is 12.7. The molecular weight excluding hydrogens is 288 g/mol. The van der Waals surface area contributed by atoms with Crippen LogP contribution in [0.2, 0.25) is 5.02 Å². The van der Waals surface area contributed by atoms with Crippen molar-refractivity contribution in [2.45, 2.75) is 44.6 Å². The maximum atomic E-state index is 12.2. The molecule has 0 unspecified atom stereocenters. The Morgan fingerprint density at radius 1 is 1.19 bits per heavy atom. The molecule has 1 saturated carbocycles. The topological polar surface area (TPSA) is 72.2 Å². The second kappa shape index (κ2) is 7.46. The number of rotatable bonds is 5. The molecule has 2 amide bonds. The van der Waals surface area contributed by atoms with Gasteiger partial charge in [0.2, 0.25) is 11.8 Å². The molecule has 5 heteroatoms. The molecule has 1 atom stereocenters. The summed E-state index contributed by atoms with van der Waals surface area (Å²) in [5.41, 5.74) is 6.34. The van der Waals surface area contributed by atoms with Gasteiger partial charge < -0.3 is 11.1 Å².